The van der Waals surface area contributed by atoms with Crippen LogP contribution < -0.4 is 0 Å². The molecular formula is C24H27F15O3. The van der Waals surface area contributed by atoms with Gasteiger partial charge in [0.25, 0.3) is 0 Å². The van der Waals surface area contributed by atoms with Crippen LogP contribution in [-0.4, -0.2) is 64.0 Å². The quantitative estimate of drug-likeness (QED) is 0.194. The standard InChI is InChI=1S/C24H27F15O3/c1-10(2)18(13-5-11-4-12(7-13)8-14(18)6-11)42-15(40)16(3,41)9-17(25,26)19(27,28)20(29,30)21(31,32)22(33,34)23(35,36)24(37,38)39/h10-14,41H,4-9H2,1-3H3. The minimum Gasteiger partial charge on any atom is -0.456 e. The summed E-state index contributed by atoms with van der Waals surface area (Å²) in [5.74, 6) is -50.6. The Morgan fingerprint density at radius 2 is 1.05 bits per heavy atom. The fourth-order valence-corrected chi connectivity index (χ4v) is 7.03. The summed E-state index contributed by atoms with van der Waals surface area (Å²) in [5.41, 5.74) is -5.30. The number of rotatable bonds is 10. The molecule has 18 heteroatoms. The van der Waals surface area contributed by atoms with Crippen molar-refractivity contribution in [3.63, 3.8) is 0 Å². The van der Waals surface area contributed by atoms with Crippen LogP contribution in [0.4, 0.5) is 65.9 Å². The summed E-state index contributed by atoms with van der Waals surface area (Å²) in [4.78, 5) is 12.9. The van der Waals surface area contributed by atoms with Gasteiger partial charge in [0.15, 0.2) is 5.60 Å². The lowest BCUT2D eigenvalue weighted by molar-refractivity contribution is -0.453. The summed E-state index contributed by atoms with van der Waals surface area (Å²) in [6, 6.07) is 0. The minimum absolute atomic E-state index is 0.0616. The molecular weight excluding hydrogens is 621 g/mol. The van der Waals surface area contributed by atoms with Gasteiger partial charge in [-0.2, -0.15) is 65.9 Å². The lowest BCUT2D eigenvalue weighted by Crippen LogP contribution is -2.73. The molecule has 4 rings (SSSR count). The molecule has 4 bridgehead atoms. The van der Waals surface area contributed by atoms with Crippen molar-refractivity contribution < 1.29 is 80.5 Å². The number of esters is 1. The lowest BCUT2D eigenvalue weighted by atomic mass is 9.47. The molecule has 0 heterocycles. The first-order chi connectivity index (χ1) is 18.4. The van der Waals surface area contributed by atoms with E-state index >= 15 is 0 Å². The van der Waals surface area contributed by atoms with Gasteiger partial charge < -0.3 is 9.84 Å². The Kier molecular flexibility index (Phi) is 8.04. The van der Waals surface area contributed by atoms with E-state index in [0.717, 1.165) is 6.42 Å². The predicted octanol–water partition coefficient (Wildman–Crippen LogP) is 7.90. The van der Waals surface area contributed by atoms with Crippen LogP contribution in [0.1, 0.15) is 59.3 Å². The topological polar surface area (TPSA) is 46.5 Å². The van der Waals surface area contributed by atoms with E-state index < -0.39 is 71.2 Å². The second-order valence-electron chi connectivity index (χ2n) is 12.2. The first-order valence-electron chi connectivity index (χ1n) is 12.7. The van der Waals surface area contributed by atoms with Crippen molar-refractivity contribution in [2.45, 2.75) is 112 Å². The summed E-state index contributed by atoms with van der Waals surface area (Å²) in [6.45, 7) is 3.21. The highest BCUT2D eigenvalue weighted by atomic mass is 19.4. The summed E-state index contributed by atoms with van der Waals surface area (Å²) in [6.07, 6.45) is -7.92. The fourth-order valence-electron chi connectivity index (χ4n) is 7.03. The number of aliphatic hydroxyl groups is 1. The van der Waals surface area contributed by atoms with Gasteiger partial charge >= 0.3 is 47.7 Å². The third-order valence-corrected chi connectivity index (χ3v) is 8.98. The molecule has 4 aliphatic rings. The van der Waals surface area contributed by atoms with Gasteiger partial charge in [0.2, 0.25) is 0 Å². The third-order valence-electron chi connectivity index (χ3n) is 8.98. The molecule has 1 atom stereocenters. The summed E-state index contributed by atoms with van der Waals surface area (Å²) < 4.78 is 208. The average Bonchev–Trinajstić information content (AvgIpc) is 2.78. The molecule has 0 spiro atoms. The summed E-state index contributed by atoms with van der Waals surface area (Å²) in [5, 5.41) is 10.4. The first-order valence-corrected chi connectivity index (χ1v) is 12.7. The number of alkyl halides is 15. The van der Waals surface area contributed by atoms with Gasteiger partial charge in [0.05, 0.1) is 6.42 Å². The van der Waals surface area contributed by atoms with Crippen LogP contribution in [-0.2, 0) is 9.53 Å². The van der Waals surface area contributed by atoms with E-state index in [0.29, 0.717) is 25.7 Å². The Balaban J connectivity index is 1.92. The van der Waals surface area contributed by atoms with E-state index in [9.17, 15) is 75.8 Å². The smallest absolute Gasteiger partial charge is 0.456 e. The van der Waals surface area contributed by atoms with Gasteiger partial charge in [-0.1, -0.05) is 13.8 Å². The van der Waals surface area contributed by atoms with Gasteiger partial charge in [0, 0.05) is 0 Å². The highest BCUT2D eigenvalue weighted by Crippen LogP contribution is 2.64. The zero-order valence-electron chi connectivity index (χ0n) is 22.1. The minimum atomic E-state index is -8.44. The normalized spacial score (nSPS) is 31.0. The zero-order valence-corrected chi connectivity index (χ0v) is 22.1. The van der Waals surface area contributed by atoms with Crippen LogP contribution in [0.25, 0.3) is 0 Å². The monoisotopic (exact) mass is 648 g/mol. The van der Waals surface area contributed by atoms with Crippen LogP contribution in [0.3, 0.4) is 0 Å². The Morgan fingerprint density at radius 3 is 1.40 bits per heavy atom. The number of carbonyl (C=O) groups excluding carboxylic acids is 1. The molecule has 246 valence electrons. The molecule has 4 aliphatic carbocycles. The van der Waals surface area contributed by atoms with Crippen molar-refractivity contribution in [2.24, 2.45) is 29.6 Å². The fraction of sp³-hybridized carbons (Fsp3) is 0.958. The van der Waals surface area contributed by atoms with Crippen LogP contribution in [0, 0.1) is 29.6 Å². The summed E-state index contributed by atoms with van der Waals surface area (Å²) >= 11 is 0. The molecule has 3 nitrogen and oxygen atoms in total. The predicted molar refractivity (Wildman–Crippen MR) is 112 cm³/mol. The Hall–Kier alpha value is -1.62. The van der Waals surface area contributed by atoms with Crippen molar-refractivity contribution in [1.29, 1.82) is 0 Å². The van der Waals surface area contributed by atoms with Gasteiger partial charge in [-0.25, -0.2) is 4.79 Å². The molecule has 42 heavy (non-hydrogen) atoms. The molecule has 0 aliphatic heterocycles. The van der Waals surface area contributed by atoms with Crippen molar-refractivity contribution in [2.75, 3.05) is 0 Å². The molecule has 0 amide bonds. The lowest BCUT2D eigenvalue weighted by Gasteiger charge is -2.62. The molecule has 0 radical (unpaired) electrons. The third kappa shape index (κ3) is 4.65. The molecule has 1 unspecified atom stereocenters. The van der Waals surface area contributed by atoms with Crippen molar-refractivity contribution in [3.8, 4) is 0 Å². The SMILES string of the molecule is CC(C)C1(OC(=O)C(C)(O)CC(F)(F)C(F)(F)C(F)(F)C(F)(F)C(F)(F)C(F)(F)C(F)(F)F)C2CC3CC(C2)CC1C3. The molecule has 4 saturated carbocycles. The Morgan fingerprint density at radius 1 is 0.690 bits per heavy atom. The van der Waals surface area contributed by atoms with Crippen molar-refractivity contribution in [3.05, 3.63) is 0 Å². The first kappa shape index (κ1) is 34.9. The highest BCUT2D eigenvalue weighted by Gasteiger charge is 2.93. The molecule has 4 fully saturated rings. The Labute approximate surface area is 229 Å². The van der Waals surface area contributed by atoms with E-state index in [-0.39, 0.29) is 30.6 Å². The summed E-state index contributed by atoms with van der Waals surface area (Å²) in [7, 11) is 0. The molecule has 0 aromatic rings. The average molecular weight is 648 g/mol. The Bertz CT molecular complexity index is 1020. The largest absolute Gasteiger partial charge is 0.460 e. The maximum atomic E-state index is 14.5. The number of hydrogen-bond acceptors (Lipinski definition) is 3. The van der Waals surface area contributed by atoms with Gasteiger partial charge in [-0.15, -0.1) is 0 Å². The number of halogens is 15. The molecule has 0 aromatic carbocycles. The second-order valence-corrected chi connectivity index (χ2v) is 12.2. The maximum Gasteiger partial charge on any atom is 0.460 e. The van der Waals surface area contributed by atoms with Crippen molar-refractivity contribution >= 4 is 5.97 Å². The van der Waals surface area contributed by atoms with E-state index in [1.54, 1.807) is 13.8 Å². The number of carbonyl (C=O) groups is 1. The molecule has 0 saturated heterocycles. The maximum absolute atomic E-state index is 14.5. The van der Waals surface area contributed by atoms with Gasteiger partial charge in [-0.05, 0) is 68.6 Å². The number of ether oxygens (including phenoxy) is 1. The van der Waals surface area contributed by atoms with Crippen LogP contribution in [0.2, 0.25) is 0 Å². The highest BCUT2D eigenvalue weighted by molar-refractivity contribution is 5.79. The van der Waals surface area contributed by atoms with Crippen molar-refractivity contribution in [1.82, 2.24) is 0 Å². The van der Waals surface area contributed by atoms with E-state index in [1.165, 1.54) is 0 Å². The van der Waals surface area contributed by atoms with E-state index in [4.69, 9.17) is 4.74 Å². The van der Waals surface area contributed by atoms with E-state index in [2.05, 4.69) is 0 Å². The van der Waals surface area contributed by atoms with Crippen LogP contribution in [0.5, 0.6) is 0 Å². The van der Waals surface area contributed by atoms with Gasteiger partial charge in [-0.3, -0.25) is 0 Å². The van der Waals surface area contributed by atoms with Crippen LogP contribution >= 0.6 is 0 Å². The molecule has 0 aromatic heterocycles. The zero-order chi connectivity index (χ0) is 32.9. The van der Waals surface area contributed by atoms with Gasteiger partial charge in [0.1, 0.15) is 5.60 Å². The molecule has 1 N–H and O–H groups in total. The number of hydrogen-bond donors (Lipinski definition) is 1. The van der Waals surface area contributed by atoms with Crippen LogP contribution in [0.15, 0.2) is 0 Å². The van der Waals surface area contributed by atoms with E-state index in [1.807, 2.05) is 0 Å². The second kappa shape index (κ2) is 9.69.